The minimum absolute atomic E-state index is 0.0245. The second kappa shape index (κ2) is 6.83. The maximum Gasteiger partial charge on any atom is 0.274 e. The standard InChI is InChI=1S/C15H12BrN3O/c16-13-7-4-9-18-14(13)15(20)19(10-8-17)11-12-5-2-1-3-6-12/h1-7,9H,10-11H2. The molecule has 0 atom stereocenters. The van der Waals surface area contributed by atoms with Crippen LogP contribution in [0.1, 0.15) is 16.1 Å². The number of hydrogen-bond acceptors (Lipinski definition) is 3. The summed E-state index contributed by atoms with van der Waals surface area (Å²) >= 11 is 3.31. The molecule has 0 aliphatic rings. The Balaban J connectivity index is 2.23. The predicted molar refractivity (Wildman–Crippen MR) is 78.7 cm³/mol. The monoisotopic (exact) mass is 329 g/mol. The van der Waals surface area contributed by atoms with Gasteiger partial charge >= 0.3 is 0 Å². The second-order valence-corrected chi connectivity index (χ2v) is 4.99. The Kier molecular flexibility index (Phi) is 4.85. The molecule has 0 aliphatic heterocycles. The number of rotatable bonds is 4. The van der Waals surface area contributed by atoms with Crippen LogP contribution in [-0.2, 0) is 6.54 Å². The van der Waals surface area contributed by atoms with Crippen molar-refractivity contribution in [1.82, 2.24) is 9.88 Å². The lowest BCUT2D eigenvalue weighted by molar-refractivity contribution is 0.0758. The van der Waals surface area contributed by atoms with E-state index in [1.54, 1.807) is 18.3 Å². The van der Waals surface area contributed by atoms with Gasteiger partial charge in [-0.3, -0.25) is 4.79 Å². The van der Waals surface area contributed by atoms with Gasteiger partial charge in [-0.15, -0.1) is 0 Å². The number of carbonyl (C=O) groups is 1. The van der Waals surface area contributed by atoms with Crippen molar-refractivity contribution in [2.24, 2.45) is 0 Å². The quantitative estimate of drug-likeness (QED) is 0.810. The summed E-state index contributed by atoms with van der Waals surface area (Å²) in [5.74, 6) is -0.261. The summed E-state index contributed by atoms with van der Waals surface area (Å²) in [6, 6.07) is 15.1. The lowest BCUT2D eigenvalue weighted by Gasteiger charge is -2.19. The number of nitriles is 1. The Hall–Kier alpha value is -2.19. The molecule has 0 spiro atoms. The van der Waals surface area contributed by atoms with Gasteiger partial charge in [-0.2, -0.15) is 5.26 Å². The predicted octanol–water partition coefficient (Wildman–Crippen LogP) is 3.01. The van der Waals surface area contributed by atoms with Crippen LogP contribution in [0.5, 0.6) is 0 Å². The lowest BCUT2D eigenvalue weighted by atomic mass is 10.2. The van der Waals surface area contributed by atoms with E-state index in [0.29, 0.717) is 16.7 Å². The van der Waals surface area contributed by atoms with Crippen molar-refractivity contribution in [2.45, 2.75) is 6.54 Å². The van der Waals surface area contributed by atoms with Gasteiger partial charge in [0.15, 0.2) is 0 Å². The van der Waals surface area contributed by atoms with Crippen molar-refractivity contribution in [1.29, 1.82) is 5.26 Å². The van der Waals surface area contributed by atoms with Crippen LogP contribution in [0.4, 0.5) is 0 Å². The van der Waals surface area contributed by atoms with E-state index < -0.39 is 0 Å². The molecular formula is C15H12BrN3O. The van der Waals surface area contributed by atoms with Gasteiger partial charge < -0.3 is 4.90 Å². The van der Waals surface area contributed by atoms with Crippen molar-refractivity contribution in [3.8, 4) is 6.07 Å². The van der Waals surface area contributed by atoms with E-state index in [9.17, 15) is 4.79 Å². The number of pyridine rings is 1. The summed E-state index contributed by atoms with van der Waals surface area (Å²) in [5.41, 5.74) is 1.29. The highest BCUT2D eigenvalue weighted by atomic mass is 79.9. The van der Waals surface area contributed by atoms with Gasteiger partial charge in [-0.05, 0) is 33.6 Å². The van der Waals surface area contributed by atoms with E-state index in [4.69, 9.17) is 5.26 Å². The molecule has 0 N–H and O–H groups in total. The SMILES string of the molecule is N#CCN(Cc1ccccc1)C(=O)c1ncccc1Br. The fraction of sp³-hybridized carbons (Fsp3) is 0.133. The molecule has 0 unspecified atom stereocenters. The Morgan fingerprint density at radius 3 is 2.65 bits per heavy atom. The summed E-state index contributed by atoms with van der Waals surface area (Å²) in [5, 5.41) is 8.90. The van der Waals surface area contributed by atoms with Crippen LogP contribution < -0.4 is 0 Å². The Labute approximate surface area is 125 Å². The highest BCUT2D eigenvalue weighted by molar-refractivity contribution is 9.10. The van der Waals surface area contributed by atoms with Gasteiger partial charge in [-0.1, -0.05) is 30.3 Å². The first-order chi connectivity index (χ1) is 9.72. The van der Waals surface area contributed by atoms with Gasteiger partial charge in [0.25, 0.3) is 5.91 Å². The molecule has 1 amide bonds. The number of amides is 1. The molecule has 4 nitrogen and oxygen atoms in total. The van der Waals surface area contributed by atoms with Gasteiger partial charge in [0.1, 0.15) is 12.2 Å². The van der Waals surface area contributed by atoms with Gasteiger partial charge in [0.05, 0.1) is 6.07 Å². The first-order valence-corrected chi connectivity index (χ1v) is 6.82. The van der Waals surface area contributed by atoms with Crippen LogP contribution in [0.3, 0.4) is 0 Å². The topological polar surface area (TPSA) is 57.0 Å². The van der Waals surface area contributed by atoms with E-state index in [-0.39, 0.29) is 12.5 Å². The molecule has 0 fully saturated rings. The molecule has 2 aromatic rings. The third-order valence-corrected chi connectivity index (χ3v) is 3.37. The summed E-state index contributed by atoms with van der Waals surface area (Å²) < 4.78 is 0.626. The maximum absolute atomic E-state index is 12.4. The number of aromatic nitrogens is 1. The molecule has 2 rings (SSSR count). The summed E-state index contributed by atoms with van der Waals surface area (Å²) in [7, 11) is 0. The maximum atomic E-state index is 12.4. The fourth-order valence-corrected chi connectivity index (χ4v) is 2.21. The second-order valence-electron chi connectivity index (χ2n) is 4.14. The molecule has 20 heavy (non-hydrogen) atoms. The number of carbonyl (C=O) groups excluding carboxylic acids is 1. The minimum Gasteiger partial charge on any atom is -0.320 e. The molecule has 1 aromatic carbocycles. The third kappa shape index (κ3) is 3.43. The number of nitrogens with zero attached hydrogens (tertiary/aromatic N) is 3. The third-order valence-electron chi connectivity index (χ3n) is 2.73. The molecular weight excluding hydrogens is 318 g/mol. The average Bonchev–Trinajstić information content (AvgIpc) is 2.48. The first-order valence-electron chi connectivity index (χ1n) is 6.03. The smallest absolute Gasteiger partial charge is 0.274 e. The number of hydrogen-bond donors (Lipinski definition) is 0. The Morgan fingerprint density at radius 2 is 2.00 bits per heavy atom. The van der Waals surface area contributed by atoms with Crippen LogP contribution in [0, 0.1) is 11.3 Å². The van der Waals surface area contributed by atoms with E-state index >= 15 is 0 Å². The molecule has 0 radical (unpaired) electrons. The highest BCUT2D eigenvalue weighted by Gasteiger charge is 2.19. The highest BCUT2D eigenvalue weighted by Crippen LogP contribution is 2.16. The summed E-state index contributed by atoms with van der Waals surface area (Å²) in [6.45, 7) is 0.410. The van der Waals surface area contributed by atoms with E-state index in [0.717, 1.165) is 5.56 Å². The molecule has 0 saturated carbocycles. The molecule has 5 heteroatoms. The Morgan fingerprint density at radius 1 is 1.25 bits per heavy atom. The molecule has 1 heterocycles. The normalized spacial score (nSPS) is 9.80. The summed E-state index contributed by atoms with van der Waals surface area (Å²) in [6.07, 6.45) is 1.56. The van der Waals surface area contributed by atoms with Gasteiger partial charge in [0, 0.05) is 17.2 Å². The van der Waals surface area contributed by atoms with Crippen LogP contribution in [0.2, 0.25) is 0 Å². The Bertz CT molecular complexity index is 637. The van der Waals surface area contributed by atoms with Gasteiger partial charge in [-0.25, -0.2) is 4.98 Å². The molecule has 0 saturated heterocycles. The average molecular weight is 330 g/mol. The van der Waals surface area contributed by atoms with Crippen molar-refractivity contribution < 1.29 is 4.79 Å². The molecule has 1 aromatic heterocycles. The minimum atomic E-state index is -0.261. The molecule has 0 bridgehead atoms. The van der Waals surface area contributed by atoms with E-state index in [1.165, 1.54) is 4.90 Å². The van der Waals surface area contributed by atoms with Crippen molar-refractivity contribution in [3.63, 3.8) is 0 Å². The van der Waals surface area contributed by atoms with Gasteiger partial charge in [0.2, 0.25) is 0 Å². The van der Waals surface area contributed by atoms with Crippen LogP contribution in [-0.4, -0.2) is 22.3 Å². The zero-order valence-corrected chi connectivity index (χ0v) is 12.2. The lowest BCUT2D eigenvalue weighted by Crippen LogP contribution is -2.31. The first kappa shape index (κ1) is 14.2. The molecule has 0 aliphatic carbocycles. The van der Waals surface area contributed by atoms with Crippen LogP contribution >= 0.6 is 15.9 Å². The zero-order chi connectivity index (χ0) is 14.4. The zero-order valence-electron chi connectivity index (χ0n) is 10.7. The molecule has 100 valence electrons. The van der Waals surface area contributed by atoms with Crippen LogP contribution in [0.15, 0.2) is 53.1 Å². The van der Waals surface area contributed by atoms with Crippen molar-refractivity contribution in [2.75, 3.05) is 6.54 Å². The number of benzene rings is 1. The summed E-state index contributed by atoms with van der Waals surface area (Å²) in [4.78, 5) is 18.0. The van der Waals surface area contributed by atoms with Crippen molar-refractivity contribution >= 4 is 21.8 Å². The largest absolute Gasteiger partial charge is 0.320 e. The number of halogens is 1. The van der Waals surface area contributed by atoms with Crippen LogP contribution in [0.25, 0.3) is 0 Å². The van der Waals surface area contributed by atoms with Crippen molar-refractivity contribution in [3.05, 3.63) is 64.4 Å². The fourth-order valence-electron chi connectivity index (χ4n) is 1.78. The van der Waals surface area contributed by atoms with E-state index in [1.807, 2.05) is 36.4 Å². The van der Waals surface area contributed by atoms with E-state index in [2.05, 4.69) is 20.9 Å².